The summed E-state index contributed by atoms with van der Waals surface area (Å²) in [6, 6.07) is 7.79. The van der Waals surface area contributed by atoms with E-state index in [4.69, 9.17) is 4.42 Å². The van der Waals surface area contributed by atoms with Gasteiger partial charge in [0.2, 0.25) is 0 Å². The first-order valence-corrected chi connectivity index (χ1v) is 10.7. The predicted octanol–water partition coefficient (Wildman–Crippen LogP) is 6.03. The van der Waals surface area contributed by atoms with Crippen molar-refractivity contribution < 1.29 is 9.52 Å². The van der Waals surface area contributed by atoms with Gasteiger partial charge in [-0.2, -0.15) is 0 Å². The summed E-state index contributed by atoms with van der Waals surface area (Å²) < 4.78 is 6.23. The Labute approximate surface area is 175 Å². The van der Waals surface area contributed by atoms with Gasteiger partial charge in [0, 0.05) is 29.9 Å². The van der Waals surface area contributed by atoms with Crippen LogP contribution in [0.2, 0.25) is 0 Å². The molecule has 5 rings (SSSR count). The van der Waals surface area contributed by atoms with Gasteiger partial charge in [0.15, 0.2) is 17.3 Å². The van der Waals surface area contributed by atoms with Crippen molar-refractivity contribution in [2.24, 2.45) is 10.2 Å². The number of pyridine rings is 1. The topological polar surface area (TPSA) is 74.2 Å². The Morgan fingerprint density at radius 3 is 2.83 bits per heavy atom. The van der Waals surface area contributed by atoms with Crippen molar-refractivity contribution in [2.75, 3.05) is 19.6 Å². The Kier molecular flexibility index (Phi) is 4.87. The van der Waals surface area contributed by atoms with Crippen LogP contribution in [0.3, 0.4) is 0 Å². The summed E-state index contributed by atoms with van der Waals surface area (Å²) in [5.74, 6) is 1.46. The molecule has 1 unspecified atom stereocenters. The minimum Gasteiger partial charge on any atom is -0.504 e. The van der Waals surface area contributed by atoms with E-state index in [2.05, 4.69) is 40.0 Å². The Balaban J connectivity index is 1.53. The maximum absolute atomic E-state index is 10.9. The number of fused-ring (bicyclic) bond motifs is 2. The number of piperidine rings is 1. The van der Waals surface area contributed by atoms with Gasteiger partial charge in [0.05, 0.1) is 5.39 Å². The van der Waals surface area contributed by atoms with Crippen molar-refractivity contribution in [3.8, 4) is 5.75 Å². The fraction of sp³-hybridized carbons (Fsp3) is 0.375. The lowest BCUT2D eigenvalue weighted by Crippen LogP contribution is -2.33. The summed E-state index contributed by atoms with van der Waals surface area (Å²) in [6.07, 6.45) is 7.33. The smallest absolute Gasteiger partial charge is 0.183 e. The number of likely N-dealkylation sites (tertiary alicyclic amines) is 1. The summed E-state index contributed by atoms with van der Waals surface area (Å²) in [4.78, 5) is 6.76. The second-order valence-corrected chi connectivity index (χ2v) is 8.35. The van der Waals surface area contributed by atoms with Gasteiger partial charge < -0.3 is 14.4 Å². The van der Waals surface area contributed by atoms with E-state index >= 15 is 0 Å². The van der Waals surface area contributed by atoms with Crippen molar-refractivity contribution in [3.05, 3.63) is 52.9 Å². The number of furan rings is 1. The predicted molar refractivity (Wildman–Crippen MR) is 118 cm³/mol. The zero-order valence-electron chi connectivity index (χ0n) is 17.4. The molecular weight excluding hydrogens is 376 g/mol. The molecule has 0 radical (unpaired) electrons. The number of hydrogen-bond donors (Lipinski definition) is 1. The number of aryl methyl sites for hydroxylation is 1. The number of benzene rings is 1. The van der Waals surface area contributed by atoms with Crippen LogP contribution in [0.1, 0.15) is 54.6 Å². The molecule has 1 N–H and O–H groups in total. The summed E-state index contributed by atoms with van der Waals surface area (Å²) in [6.45, 7) is 7.70. The highest BCUT2D eigenvalue weighted by atomic mass is 16.4. The van der Waals surface area contributed by atoms with Crippen LogP contribution in [-0.2, 0) is 0 Å². The minimum absolute atomic E-state index is 0.150. The molecule has 6 nitrogen and oxygen atoms in total. The van der Waals surface area contributed by atoms with Crippen LogP contribution in [0.25, 0.3) is 22.7 Å². The molecule has 0 amide bonds. The Morgan fingerprint density at radius 2 is 2.00 bits per heavy atom. The second kappa shape index (κ2) is 7.69. The van der Waals surface area contributed by atoms with E-state index in [1.807, 2.05) is 18.2 Å². The van der Waals surface area contributed by atoms with Gasteiger partial charge in [-0.25, -0.2) is 4.98 Å². The van der Waals surface area contributed by atoms with Crippen molar-refractivity contribution in [1.82, 2.24) is 9.88 Å². The van der Waals surface area contributed by atoms with E-state index in [0.29, 0.717) is 23.2 Å². The number of azo groups is 1. The van der Waals surface area contributed by atoms with E-state index < -0.39 is 0 Å². The molecule has 1 fully saturated rings. The van der Waals surface area contributed by atoms with Crippen LogP contribution >= 0.6 is 0 Å². The van der Waals surface area contributed by atoms with Gasteiger partial charge in [0.1, 0.15) is 11.3 Å². The maximum Gasteiger partial charge on any atom is 0.183 e. The molecule has 2 aliphatic heterocycles. The Hall–Kier alpha value is -2.99. The van der Waals surface area contributed by atoms with E-state index in [0.717, 1.165) is 23.1 Å². The molecule has 0 aliphatic carbocycles. The molecule has 2 aliphatic rings. The molecule has 1 atom stereocenters. The number of aromatic nitrogens is 1. The van der Waals surface area contributed by atoms with Crippen molar-refractivity contribution in [2.45, 2.75) is 39.0 Å². The zero-order chi connectivity index (χ0) is 20.7. The first kappa shape index (κ1) is 19.0. The van der Waals surface area contributed by atoms with E-state index in [1.165, 1.54) is 43.5 Å². The lowest BCUT2D eigenvalue weighted by Gasteiger charge is -2.29. The molecule has 0 spiro atoms. The van der Waals surface area contributed by atoms with Crippen LogP contribution < -0.4 is 0 Å². The van der Waals surface area contributed by atoms with Gasteiger partial charge in [-0.05, 0) is 62.5 Å². The number of aromatic hydroxyl groups is 1. The fourth-order valence-electron chi connectivity index (χ4n) is 4.68. The largest absolute Gasteiger partial charge is 0.504 e. The van der Waals surface area contributed by atoms with Gasteiger partial charge in [0.25, 0.3) is 0 Å². The highest BCUT2D eigenvalue weighted by Gasteiger charge is 2.23. The second-order valence-electron chi connectivity index (χ2n) is 8.35. The normalized spacial score (nSPS) is 18.9. The highest BCUT2D eigenvalue weighted by Crippen LogP contribution is 2.41. The maximum atomic E-state index is 10.9. The average molecular weight is 402 g/mol. The summed E-state index contributed by atoms with van der Waals surface area (Å²) in [5.41, 5.74) is 4.62. The van der Waals surface area contributed by atoms with Gasteiger partial charge in [-0.3, -0.25) is 0 Å². The summed E-state index contributed by atoms with van der Waals surface area (Å²) in [7, 11) is 0. The van der Waals surface area contributed by atoms with Crippen LogP contribution in [-0.4, -0.2) is 34.6 Å². The lowest BCUT2D eigenvalue weighted by atomic mass is 9.93. The van der Waals surface area contributed by atoms with E-state index in [1.54, 1.807) is 12.3 Å². The number of nitrogens with zero attached hydrogens (tertiary/aromatic N) is 4. The third-order valence-corrected chi connectivity index (χ3v) is 6.17. The quantitative estimate of drug-likeness (QED) is 0.578. The first-order chi connectivity index (χ1) is 14.6. The minimum atomic E-state index is 0.150. The number of rotatable bonds is 4. The molecule has 3 aromatic rings. The molecule has 1 saturated heterocycles. The van der Waals surface area contributed by atoms with Crippen molar-refractivity contribution in [1.29, 1.82) is 0 Å². The number of hydrogen-bond acceptors (Lipinski definition) is 6. The molecule has 4 heterocycles. The van der Waals surface area contributed by atoms with E-state index in [-0.39, 0.29) is 5.75 Å². The molecule has 154 valence electrons. The Morgan fingerprint density at radius 1 is 1.17 bits per heavy atom. The Bertz CT molecular complexity index is 1160. The van der Waals surface area contributed by atoms with Crippen LogP contribution in [0.4, 0.5) is 5.82 Å². The molecule has 0 bridgehead atoms. The van der Waals surface area contributed by atoms with Crippen LogP contribution in [0.15, 0.2) is 45.1 Å². The highest BCUT2D eigenvalue weighted by molar-refractivity contribution is 5.94. The summed E-state index contributed by atoms with van der Waals surface area (Å²) >= 11 is 0. The molecular formula is C24H26N4O2. The van der Waals surface area contributed by atoms with Gasteiger partial charge >= 0.3 is 0 Å². The third-order valence-electron chi connectivity index (χ3n) is 6.17. The van der Waals surface area contributed by atoms with Crippen molar-refractivity contribution in [3.63, 3.8) is 0 Å². The van der Waals surface area contributed by atoms with Crippen molar-refractivity contribution >= 4 is 28.6 Å². The van der Waals surface area contributed by atoms with Crippen LogP contribution in [0.5, 0.6) is 5.75 Å². The van der Waals surface area contributed by atoms with E-state index in [9.17, 15) is 5.11 Å². The van der Waals surface area contributed by atoms with Crippen LogP contribution in [0, 0.1) is 6.92 Å². The average Bonchev–Trinajstić information content (AvgIpc) is 3.30. The third kappa shape index (κ3) is 3.31. The molecule has 30 heavy (non-hydrogen) atoms. The summed E-state index contributed by atoms with van der Waals surface area (Å²) in [5, 5.41) is 19.9. The van der Waals surface area contributed by atoms with Gasteiger partial charge in [-0.1, -0.05) is 19.4 Å². The molecule has 6 heteroatoms. The first-order valence-electron chi connectivity index (χ1n) is 10.7. The standard InChI is InChI=1S/C24H26N4O2/c1-15-8-9-18-22(29)20(13-19-17-7-6-10-25-24(17)27-26-19)30-23(18)21(15)16(2)14-28-11-4-3-5-12-28/h6-10,13,16,29H,3-5,11-12,14H2,1-2H3. The van der Waals surface area contributed by atoms with Gasteiger partial charge in [-0.15, -0.1) is 10.2 Å². The lowest BCUT2D eigenvalue weighted by molar-refractivity contribution is 0.219. The molecule has 2 aromatic heterocycles. The monoisotopic (exact) mass is 402 g/mol. The fourth-order valence-corrected chi connectivity index (χ4v) is 4.68. The molecule has 1 aromatic carbocycles. The molecule has 0 saturated carbocycles. The zero-order valence-corrected chi connectivity index (χ0v) is 17.4. The SMILES string of the molecule is Cc1ccc2c(O)c(C=C3N=Nc4ncccc43)oc2c1C(C)CN1CCCCC1.